The summed E-state index contributed by atoms with van der Waals surface area (Å²) >= 11 is 6.21. The quantitative estimate of drug-likeness (QED) is 0.187. The van der Waals surface area contributed by atoms with Crippen LogP contribution in [0.5, 0.6) is 11.5 Å². The molecule has 0 spiro atoms. The van der Waals surface area contributed by atoms with Crippen LogP contribution in [0.15, 0.2) is 104 Å². The van der Waals surface area contributed by atoms with Crippen LogP contribution in [-0.2, 0) is 20.0 Å². The van der Waals surface area contributed by atoms with Crippen molar-refractivity contribution >= 4 is 63.3 Å². The number of hydrogen-bond donors (Lipinski definition) is 1. The number of rotatable bonds is 8. The van der Waals surface area contributed by atoms with E-state index in [1.807, 2.05) is 0 Å². The van der Waals surface area contributed by atoms with Crippen LogP contribution in [0.2, 0.25) is 0 Å². The minimum atomic E-state index is -4.93. The van der Waals surface area contributed by atoms with E-state index in [-0.39, 0.29) is 20.7 Å². The van der Waals surface area contributed by atoms with Crippen molar-refractivity contribution in [1.82, 2.24) is 9.97 Å². The van der Waals surface area contributed by atoms with Gasteiger partial charge in [-0.1, -0.05) is 0 Å². The Labute approximate surface area is 273 Å². The topological polar surface area (TPSA) is 128 Å². The highest BCUT2D eigenvalue weighted by Crippen LogP contribution is 2.28. The molecule has 0 radical (unpaired) electrons. The Bertz CT molecular complexity index is 1900. The van der Waals surface area contributed by atoms with Crippen LogP contribution < -0.4 is 18.5 Å². The average molecular weight is 811 g/mol. The molecule has 2 heterocycles. The number of halogens is 8. The highest BCUT2D eigenvalue weighted by molar-refractivity contribution is 9.10. The molecule has 4 rings (SSSR count). The molecule has 0 saturated heterocycles. The van der Waals surface area contributed by atoms with Gasteiger partial charge in [-0.25, -0.2) is 9.97 Å². The first-order chi connectivity index (χ1) is 22.0. The molecule has 0 amide bonds. The van der Waals surface area contributed by atoms with Gasteiger partial charge in [0.15, 0.2) is 10.1 Å². The fraction of sp³-hybridized carbons (Fsp3) is 0.120. The van der Waals surface area contributed by atoms with Crippen LogP contribution in [0.25, 0.3) is 0 Å². The number of nitrogens with zero attached hydrogens (tertiary/aromatic N) is 3. The molecule has 4 aromatic rings. The van der Waals surface area contributed by atoms with Crippen molar-refractivity contribution in [2.24, 2.45) is 0 Å². The summed E-state index contributed by atoms with van der Waals surface area (Å²) < 4.78 is 155. The van der Waals surface area contributed by atoms with Crippen molar-refractivity contribution in [1.29, 1.82) is 0 Å². The monoisotopic (exact) mass is 809 g/mol. The normalized spacial score (nSPS) is 13.3. The zero-order chi connectivity index (χ0) is 36.1. The Kier molecular flexibility index (Phi) is 9.91. The molecule has 1 N–H and O–H groups in total. The van der Waals surface area contributed by atoms with Gasteiger partial charge in [0.25, 0.3) is 20.0 Å². The summed E-state index contributed by atoms with van der Waals surface area (Å²) in [6.07, 6.45) is -7.25. The number of pyridine rings is 2. The van der Waals surface area contributed by atoms with Gasteiger partial charge in [0, 0.05) is 38.1 Å². The van der Waals surface area contributed by atoms with E-state index in [2.05, 4.69) is 56.0 Å². The Morgan fingerprint density at radius 3 is 1.56 bits per heavy atom. The fourth-order valence-electron chi connectivity index (χ4n) is 2.98. The molecule has 0 unspecified atom stereocenters. The summed E-state index contributed by atoms with van der Waals surface area (Å²) in [5.74, 6) is -1.07. The molecular formula is C25H18Br2F6N4O6S2. The number of sulfonamides is 2. The lowest BCUT2D eigenvalue weighted by Gasteiger charge is -2.19. The predicted molar refractivity (Wildman–Crippen MR) is 157 cm³/mol. The van der Waals surface area contributed by atoms with E-state index in [1.165, 1.54) is 30.6 Å². The Hall–Kier alpha value is -3.62. The van der Waals surface area contributed by atoms with Gasteiger partial charge in [-0.2, -0.15) is 16.8 Å². The first kappa shape index (κ1) is 31.4. The van der Waals surface area contributed by atoms with Gasteiger partial charge in [-0.3, -0.25) is 9.03 Å². The maximum atomic E-state index is 12.7. The number of benzene rings is 2. The minimum Gasteiger partial charge on any atom is -0.406 e. The van der Waals surface area contributed by atoms with E-state index >= 15 is 0 Å². The molecule has 0 aliphatic carbocycles. The summed E-state index contributed by atoms with van der Waals surface area (Å²) in [5.41, 5.74) is -0.288. The van der Waals surface area contributed by atoms with Crippen LogP contribution in [0.4, 0.5) is 37.7 Å². The highest BCUT2D eigenvalue weighted by atomic mass is 79.9. The van der Waals surface area contributed by atoms with Gasteiger partial charge in [0.1, 0.15) is 11.5 Å². The first-order valence-corrected chi connectivity index (χ1v) is 16.0. The minimum absolute atomic E-state index is 0.0826. The molecule has 0 aliphatic rings. The van der Waals surface area contributed by atoms with E-state index < -0.39 is 56.3 Å². The molecule has 0 fully saturated rings. The maximum Gasteiger partial charge on any atom is 0.573 e. The molecule has 0 aliphatic heterocycles. The molecule has 2 aromatic carbocycles. The number of alkyl halides is 6. The van der Waals surface area contributed by atoms with Gasteiger partial charge in [0.2, 0.25) is 0 Å². The summed E-state index contributed by atoms with van der Waals surface area (Å²) in [4.78, 5) is 7.42. The zero-order valence-electron chi connectivity index (χ0n) is 24.7. The van der Waals surface area contributed by atoms with Crippen LogP contribution in [0, 0.1) is 0 Å². The predicted octanol–water partition coefficient (Wildman–Crippen LogP) is 7.11. The SMILES string of the molecule is O=S(=O)(Nc1ccc(OC(F)(F)F)cc1)c1ccc(Br)cn1.[2H]C([2H])([2H])N(c1ccc(OC(F)(F)F)cc1)S(=O)(=O)c1ccc(Br)cn1. The van der Waals surface area contributed by atoms with Crippen LogP contribution >= 0.6 is 31.9 Å². The Balaban J connectivity index is 0.000000264. The molecule has 2 aromatic heterocycles. The van der Waals surface area contributed by atoms with Gasteiger partial charge >= 0.3 is 12.7 Å². The highest BCUT2D eigenvalue weighted by Gasteiger charge is 2.32. The third-order valence-electron chi connectivity index (χ3n) is 4.83. The smallest absolute Gasteiger partial charge is 0.406 e. The summed E-state index contributed by atoms with van der Waals surface area (Å²) in [6.45, 7) is -3.14. The fourth-order valence-corrected chi connectivity index (χ4v) is 5.45. The lowest BCUT2D eigenvalue weighted by atomic mass is 10.3. The van der Waals surface area contributed by atoms with Crippen molar-refractivity contribution in [3.8, 4) is 11.5 Å². The second-order valence-corrected chi connectivity index (χ2v) is 13.3. The van der Waals surface area contributed by atoms with E-state index in [4.69, 9.17) is 4.11 Å². The Morgan fingerprint density at radius 1 is 0.711 bits per heavy atom. The molecule has 10 nitrogen and oxygen atoms in total. The van der Waals surface area contributed by atoms with E-state index in [0.717, 1.165) is 54.6 Å². The summed E-state index contributed by atoms with van der Waals surface area (Å²) in [7, 11) is -8.52. The maximum absolute atomic E-state index is 12.7. The molecule has 242 valence electrons. The summed E-state index contributed by atoms with van der Waals surface area (Å²) in [6, 6.07) is 13.0. The molecule has 0 saturated carbocycles. The van der Waals surface area contributed by atoms with Crippen molar-refractivity contribution in [3.63, 3.8) is 0 Å². The number of anilines is 2. The summed E-state index contributed by atoms with van der Waals surface area (Å²) in [5, 5.41) is -0.751. The van der Waals surface area contributed by atoms with E-state index in [1.54, 1.807) is 0 Å². The largest absolute Gasteiger partial charge is 0.573 e. The number of hydrogen-bond acceptors (Lipinski definition) is 8. The second-order valence-electron chi connectivity index (χ2n) is 8.12. The molecule has 0 atom stereocenters. The van der Waals surface area contributed by atoms with Gasteiger partial charge < -0.3 is 9.47 Å². The van der Waals surface area contributed by atoms with Crippen molar-refractivity contribution in [2.45, 2.75) is 22.8 Å². The van der Waals surface area contributed by atoms with E-state index in [9.17, 15) is 43.2 Å². The Morgan fingerprint density at radius 2 is 1.16 bits per heavy atom. The standard InChI is InChI=1S/C13H10BrF3N2O3S.C12H8BrF3N2O3S/c1-19(23(20,21)12-7-2-9(14)8-18-12)10-3-5-11(6-4-10)22-13(15,16)17;13-8-1-6-11(17-7-8)22(19,20)18-9-2-4-10(5-3-9)21-12(14,15)16/h2-8H,1H3;1-7,18H/i1D3;. The molecule has 0 bridgehead atoms. The lowest BCUT2D eigenvalue weighted by Crippen LogP contribution is -2.27. The molecular weight excluding hydrogens is 790 g/mol. The first-order valence-electron chi connectivity index (χ1n) is 13.0. The third-order valence-corrected chi connectivity index (χ3v) is 8.52. The second kappa shape index (κ2) is 14.2. The number of nitrogens with one attached hydrogen (secondary N) is 1. The van der Waals surface area contributed by atoms with Crippen molar-refractivity contribution in [3.05, 3.63) is 94.1 Å². The van der Waals surface area contributed by atoms with Gasteiger partial charge in [-0.15, -0.1) is 26.3 Å². The molecule has 45 heavy (non-hydrogen) atoms. The van der Waals surface area contributed by atoms with Gasteiger partial charge in [0.05, 0.1) is 5.69 Å². The molecule has 20 heteroatoms. The van der Waals surface area contributed by atoms with Crippen molar-refractivity contribution < 1.29 is 56.8 Å². The van der Waals surface area contributed by atoms with Crippen LogP contribution in [0.1, 0.15) is 4.11 Å². The third kappa shape index (κ3) is 11.0. The van der Waals surface area contributed by atoms with Crippen LogP contribution in [0.3, 0.4) is 0 Å². The number of ether oxygens (including phenoxy) is 2. The van der Waals surface area contributed by atoms with Gasteiger partial charge in [-0.05, 0) is 105 Å². The van der Waals surface area contributed by atoms with E-state index in [0.29, 0.717) is 8.95 Å². The van der Waals surface area contributed by atoms with Crippen molar-refractivity contribution in [2.75, 3.05) is 16.0 Å². The number of aromatic nitrogens is 2. The lowest BCUT2D eigenvalue weighted by molar-refractivity contribution is -0.275. The zero-order valence-corrected chi connectivity index (χ0v) is 26.5. The average Bonchev–Trinajstić information content (AvgIpc) is 2.93. The van der Waals surface area contributed by atoms with Crippen LogP contribution in [-0.4, -0.2) is 46.5 Å².